The van der Waals surface area contributed by atoms with Crippen LogP contribution >= 0.6 is 11.8 Å². The van der Waals surface area contributed by atoms with Crippen LogP contribution in [0.1, 0.15) is 11.5 Å². The van der Waals surface area contributed by atoms with E-state index in [0.29, 0.717) is 12.0 Å². The average molecular weight is 223 g/mol. The third kappa shape index (κ3) is 2.19. The van der Waals surface area contributed by atoms with Gasteiger partial charge in [0.05, 0.1) is 6.61 Å². The molecule has 0 saturated heterocycles. The number of fused-ring (bicyclic) bond motifs is 1. The van der Waals surface area contributed by atoms with Crippen molar-refractivity contribution in [2.45, 2.75) is 16.9 Å². The van der Waals surface area contributed by atoms with Crippen molar-refractivity contribution < 1.29 is 4.74 Å². The van der Waals surface area contributed by atoms with Crippen molar-refractivity contribution in [3.05, 3.63) is 29.8 Å². The second kappa shape index (κ2) is 5.01. The highest BCUT2D eigenvalue weighted by atomic mass is 32.2. The Morgan fingerprint density at radius 1 is 1.53 bits per heavy atom. The van der Waals surface area contributed by atoms with Crippen molar-refractivity contribution >= 4 is 11.8 Å². The maximum Gasteiger partial charge on any atom is 0.0622 e. The summed E-state index contributed by atoms with van der Waals surface area (Å²) >= 11 is 1.95. The number of thioether (sulfide) groups is 1. The smallest absolute Gasteiger partial charge is 0.0622 e. The zero-order valence-electron chi connectivity index (χ0n) is 9.19. The number of hydrogen-bond donors (Lipinski definition) is 1. The molecule has 15 heavy (non-hydrogen) atoms. The zero-order valence-corrected chi connectivity index (χ0v) is 10.0. The van der Waals surface area contributed by atoms with E-state index in [1.807, 2.05) is 18.8 Å². The van der Waals surface area contributed by atoms with Gasteiger partial charge in [-0.15, -0.1) is 11.8 Å². The van der Waals surface area contributed by atoms with Gasteiger partial charge < -0.3 is 10.1 Å². The van der Waals surface area contributed by atoms with Crippen LogP contribution in [0.3, 0.4) is 0 Å². The molecule has 3 heteroatoms. The maximum atomic E-state index is 5.25. The minimum Gasteiger partial charge on any atom is -0.383 e. The molecular weight excluding hydrogens is 206 g/mol. The number of rotatable bonds is 4. The number of nitrogens with one attached hydrogen (secondary N) is 1. The zero-order chi connectivity index (χ0) is 10.7. The molecule has 2 nitrogen and oxygen atoms in total. The van der Waals surface area contributed by atoms with E-state index in [-0.39, 0.29) is 0 Å². The molecule has 1 aliphatic heterocycles. The molecule has 0 radical (unpaired) electrons. The van der Waals surface area contributed by atoms with E-state index in [0.717, 1.165) is 12.4 Å². The Balaban J connectivity index is 2.18. The van der Waals surface area contributed by atoms with E-state index in [4.69, 9.17) is 4.74 Å². The molecule has 2 atom stereocenters. The van der Waals surface area contributed by atoms with Crippen molar-refractivity contribution in [1.82, 2.24) is 5.32 Å². The maximum absolute atomic E-state index is 5.25. The summed E-state index contributed by atoms with van der Waals surface area (Å²) in [5.41, 5.74) is 1.47. The van der Waals surface area contributed by atoms with Gasteiger partial charge in [-0.25, -0.2) is 0 Å². The van der Waals surface area contributed by atoms with Gasteiger partial charge >= 0.3 is 0 Å². The van der Waals surface area contributed by atoms with E-state index < -0.39 is 0 Å². The van der Waals surface area contributed by atoms with Gasteiger partial charge in [0.1, 0.15) is 0 Å². The molecule has 1 aromatic carbocycles. The summed E-state index contributed by atoms with van der Waals surface area (Å²) in [6.07, 6.45) is 0. The lowest BCUT2D eigenvalue weighted by Gasteiger charge is -2.22. The molecule has 0 spiro atoms. The van der Waals surface area contributed by atoms with Gasteiger partial charge in [-0.2, -0.15) is 0 Å². The van der Waals surface area contributed by atoms with E-state index >= 15 is 0 Å². The molecule has 2 rings (SSSR count). The molecule has 0 aromatic heterocycles. The molecular formula is C12H17NOS. The average Bonchev–Trinajstić information content (AvgIpc) is 2.70. The van der Waals surface area contributed by atoms with Crippen molar-refractivity contribution in [3.63, 3.8) is 0 Å². The lowest BCUT2D eigenvalue weighted by atomic mass is 9.94. The van der Waals surface area contributed by atoms with Gasteiger partial charge in [-0.3, -0.25) is 0 Å². The van der Waals surface area contributed by atoms with Crippen LogP contribution in [0, 0.1) is 0 Å². The molecule has 0 saturated carbocycles. The Kier molecular flexibility index (Phi) is 3.67. The summed E-state index contributed by atoms with van der Waals surface area (Å²) < 4.78 is 5.25. The fourth-order valence-electron chi connectivity index (χ4n) is 2.10. The Morgan fingerprint density at radius 3 is 3.07 bits per heavy atom. The summed E-state index contributed by atoms with van der Waals surface area (Å²) in [5, 5.41) is 3.35. The van der Waals surface area contributed by atoms with E-state index in [9.17, 15) is 0 Å². The van der Waals surface area contributed by atoms with Crippen LogP contribution < -0.4 is 5.32 Å². The van der Waals surface area contributed by atoms with E-state index in [1.54, 1.807) is 7.11 Å². The van der Waals surface area contributed by atoms with Crippen LogP contribution in [0.15, 0.2) is 29.2 Å². The van der Waals surface area contributed by atoms with Gasteiger partial charge in [0, 0.05) is 29.7 Å². The predicted octanol–water partition coefficient (Wildman–Crippen LogP) is 2.11. The molecule has 0 fully saturated rings. The first kappa shape index (κ1) is 11.0. The van der Waals surface area contributed by atoms with Gasteiger partial charge in [0.15, 0.2) is 0 Å². The van der Waals surface area contributed by atoms with Gasteiger partial charge in [-0.1, -0.05) is 18.2 Å². The van der Waals surface area contributed by atoms with Gasteiger partial charge in [-0.05, 0) is 18.7 Å². The largest absolute Gasteiger partial charge is 0.383 e. The highest BCUT2D eigenvalue weighted by Crippen LogP contribution is 2.40. The standard InChI is InChI=1S/C12H17NOS/c1-13-11(7-14-2)10-8-15-12-6-4-3-5-9(10)12/h3-6,10-11,13H,7-8H2,1-2H3. The van der Waals surface area contributed by atoms with Crippen LogP contribution in [0.2, 0.25) is 0 Å². The first-order valence-electron chi connectivity index (χ1n) is 5.24. The monoisotopic (exact) mass is 223 g/mol. The van der Waals surface area contributed by atoms with Crippen LogP contribution in [0.25, 0.3) is 0 Å². The van der Waals surface area contributed by atoms with Gasteiger partial charge in [0.25, 0.3) is 0 Å². The van der Waals surface area contributed by atoms with E-state index in [2.05, 4.69) is 29.6 Å². The third-order valence-corrected chi connectivity index (χ3v) is 4.15. The quantitative estimate of drug-likeness (QED) is 0.844. The molecule has 1 aromatic rings. The topological polar surface area (TPSA) is 21.3 Å². The van der Waals surface area contributed by atoms with Crippen molar-refractivity contribution in [1.29, 1.82) is 0 Å². The molecule has 0 aliphatic carbocycles. The molecule has 0 amide bonds. The Bertz CT molecular complexity index is 329. The lowest BCUT2D eigenvalue weighted by molar-refractivity contribution is 0.161. The highest BCUT2D eigenvalue weighted by Gasteiger charge is 2.28. The first-order chi connectivity index (χ1) is 7.36. The summed E-state index contributed by atoms with van der Waals surface area (Å²) in [4.78, 5) is 1.43. The van der Waals surface area contributed by atoms with Crippen LogP contribution in [-0.2, 0) is 4.74 Å². The highest BCUT2D eigenvalue weighted by molar-refractivity contribution is 7.99. The van der Waals surface area contributed by atoms with Crippen molar-refractivity contribution in [2.75, 3.05) is 26.5 Å². The minimum absolute atomic E-state index is 0.422. The molecule has 82 valence electrons. The normalized spacial score (nSPS) is 21.3. The Hall–Kier alpha value is -0.510. The number of methoxy groups -OCH3 is 1. The molecule has 0 bridgehead atoms. The van der Waals surface area contributed by atoms with Crippen molar-refractivity contribution in [3.8, 4) is 0 Å². The number of likely N-dealkylation sites (N-methyl/N-ethyl adjacent to an activating group) is 1. The SMILES string of the molecule is CNC(COC)C1CSc2ccccc21. The third-order valence-electron chi connectivity index (χ3n) is 2.94. The molecule has 1 aliphatic rings. The van der Waals surface area contributed by atoms with Crippen LogP contribution in [0.5, 0.6) is 0 Å². The Labute approximate surface area is 95.4 Å². The fourth-order valence-corrected chi connectivity index (χ4v) is 3.43. The number of benzene rings is 1. The lowest BCUT2D eigenvalue weighted by Crippen LogP contribution is -2.36. The first-order valence-corrected chi connectivity index (χ1v) is 6.23. The fraction of sp³-hybridized carbons (Fsp3) is 0.500. The number of hydrogen-bond acceptors (Lipinski definition) is 3. The van der Waals surface area contributed by atoms with E-state index in [1.165, 1.54) is 10.5 Å². The molecule has 1 heterocycles. The molecule has 2 unspecified atom stereocenters. The van der Waals surface area contributed by atoms with Gasteiger partial charge in [0.2, 0.25) is 0 Å². The van der Waals surface area contributed by atoms with Crippen LogP contribution in [-0.4, -0.2) is 32.6 Å². The summed E-state index contributed by atoms with van der Waals surface area (Å²) in [6, 6.07) is 9.10. The second-order valence-electron chi connectivity index (χ2n) is 3.81. The Morgan fingerprint density at radius 2 is 2.33 bits per heavy atom. The summed E-state index contributed by atoms with van der Waals surface area (Å²) in [6.45, 7) is 0.774. The second-order valence-corrected chi connectivity index (χ2v) is 4.87. The molecule has 1 N–H and O–H groups in total. The summed E-state index contributed by atoms with van der Waals surface area (Å²) in [5.74, 6) is 1.74. The minimum atomic E-state index is 0.422. The van der Waals surface area contributed by atoms with Crippen LogP contribution in [0.4, 0.5) is 0 Å². The predicted molar refractivity (Wildman–Crippen MR) is 64.6 cm³/mol. The summed E-state index contributed by atoms with van der Waals surface area (Å²) in [7, 11) is 3.77. The number of ether oxygens (including phenoxy) is 1. The van der Waals surface area contributed by atoms with Crippen molar-refractivity contribution in [2.24, 2.45) is 0 Å².